The van der Waals surface area contributed by atoms with E-state index in [1.165, 1.54) is 7.11 Å². The van der Waals surface area contributed by atoms with Gasteiger partial charge >= 0.3 is 5.97 Å². The van der Waals surface area contributed by atoms with E-state index in [-0.39, 0.29) is 31.9 Å². The van der Waals surface area contributed by atoms with Gasteiger partial charge in [-0.05, 0) is 72.4 Å². The van der Waals surface area contributed by atoms with E-state index in [2.05, 4.69) is 6.92 Å². The van der Waals surface area contributed by atoms with Gasteiger partial charge in [0.1, 0.15) is 41.7 Å². The van der Waals surface area contributed by atoms with Crippen LogP contribution >= 0.6 is 0 Å². The fourth-order valence-corrected chi connectivity index (χ4v) is 7.10. The van der Waals surface area contributed by atoms with Crippen LogP contribution in [0.5, 0.6) is 17.2 Å². The summed E-state index contributed by atoms with van der Waals surface area (Å²) in [5, 5.41) is 12.1. The predicted octanol–water partition coefficient (Wildman–Crippen LogP) is 9.14. The quantitative estimate of drug-likeness (QED) is 0.0534. The van der Waals surface area contributed by atoms with Gasteiger partial charge in [-0.1, -0.05) is 101 Å². The lowest BCUT2D eigenvalue weighted by molar-refractivity contribution is -0.328. The minimum atomic E-state index is -1.13. The highest BCUT2D eigenvalue weighted by Gasteiger charge is 2.48. The number of rotatable bonds is 29. The number of hydrogen-bond acceptors (Lipinski definition) is 11. The second kappa shape index (κ2) is 27.1. The van der Waals surface area contributed by atoms with Crippen molar-refractivity contribution >= 4 is 5.97 Å². The summed E-state index contributed by atoms with van der Waals surface area (Å²) >= 11 is 0. The third kappa shape index (κ3) is 16.5. The first kappa shape index (κ1) is 47.0. The van der Waals surface area contributed by atoms with Gasteiger partial charge in [-0.15, -0.1) is 0 Å². The second-order valence-corrected chi connectivity index (χ2v) is 15.0. The molecule has 1 aliphatic rings. The van der Waals surface area contributed by atoms with E-state index in [1.54, 1.807) is 21.3 Å². The summed E-state index contributed by atoms with van der Waals surface area (Å²) in [7, 11) is 6.36. The van der Waals surface area contributed by atoms with Crippen molar-refractivity contribution < 1.29 is 52.5 Å². The number of methoxy groups -OCH3 is 4. The van der Waals surface area contributed by atoms with Crippen LogP contribution in [0.4, 0.5) is 0 Å². The van der Waals surface area contributed by atoms with Gasteiger partial charge in [0.05, 0.1) is 61.0 Å². The third-order valence-corrected chi connectivity index (χ3v) is 10.6. The molecule has 1 aliphatic heterocycles. The molecule has 4 rings (SSSR count). The Morgan fingerprint density at radius 2 is 1.09 bits per heavy atom. The molecule has 0 aliphatic carbocycles. The molecule has 0 bridgehead atoms. The van der Waals surface area contributed by atoms with E-state index in [4.69, 9.17) is 42.6 Å². The smallest absolute Gasteiger partial charge is 0.305 e. The summed E-state index contributed by atoms with van der Waals surface area (Å²) in [4.78, 5) is 11.4. The van der Waals surface area contributed by atoms with Crippen molar-refractivity contribution in [2.75, 3.05) is 35.0 Å². The van der Waals surface area contributed by atoms with Crippen LogP contribution in [0.25, 0.3) is 0 Å². The Labute approximate surface area is 346 Å². The second-order valence-electron chi connectivity index (χ2n) is 15.0. The van der Waals surface area contributed by atoms with Gasteiger partial charge in [0.2, 0.25) is 0 Å². The Balaban J connectivity index is 1.49. The largest absolute Gasteiger partial charge is 0.497 e. The molecule has 0 saturated carbocycles. The van der Waals surface area contributed by atoms with Crippen LogP contribution in [0.3, 0.4) is 0 Å². The SMILES string of the molecule is CCCCC[C@@H](CCCCCCCCCC(=O)OC)O[C@@H]1O[C@H](COCc2ccc(OC)cc2)[C@@H](OCc2ccc(OC)cc2)[C@H](OCc2ccc(OC)cc2)[C@H]1O. The van der Waals surface area contributed by atoms with Crippen LogP contribution in [0, 0.1) is 0 Å². The lowest BCUT2D eigenvalue weighted by atomic mass is 9.97. The zero-order chi connectivity index (χ0) is 41.4. The summed E-state index contributed by atoms with van der Waals surface area (Å²) in [6, 6.07) is 23.2. The molecule has 0 radical (unpaired) electrons. The molecule has 11 nitrogen and oxygen atoms in total. The van der Waals surface area contributed by atoms with Gasteiger partial charge in [0, 0.05) is 6.42 Å². The topological polar surface area (TPSA) is 120 Å². The summed E-state index contributed by atoms with van der Waals surface area (Å²) in [6.07, 6.45) is 8.61. The number of carbonyl (C=O) groups excluding carboxylic acids is 1. The zero-order valence-corrected chi connectivity index (χ0v) is 35.4. The fraction of sp³-hybridized carbons (Fsp3) is 0.596. The molecular weight excluding hydrogens is 741 g/mol. The Kier molecular flexibility index (Phi) is 22.0. The van der Waals surface area contributed by atoms with Crippen LogP contribution in [-0.2, 0) is 53.0 Å². The molecule has 0 aromatic heterocycles. The Bertz CT molecular complexity index is 1520. The van der Waals surface area contributed by atoms with Gasteiger partial charge in [-0.3, -0.25) is 4.79 Å². The standard InChI is InChI=1S/C47H68O11/c1-6-7-13-16-41(17-14-11-9-8-10-12-15-18-43(48)53-5)57-47-44(49)46(56-33-37-23-29-40(52-4)30-24-37)45(55-32-36-21-27-39(51-3)28-22-36)42(58-47)34-54-31-35-19-25-38(50-2)26-20-35/h19-30,41-42,44-47,49H,6-18,31-34H2,1-5H3/t41-,42+,44+,45+,46+,47+/m0/s1. The number of ether oxygens (including phenoxy) is 9. The Morgan fingerprint density at radius 3 is 1.59 bits per heavy atom. The third-order valence-electron chi connectivity index (χ3n) is 10.6. The Hall–Kier alpha value is -3.71. The average molecular weight is 809 g/mol. The van der Waals surface area contributed by atoms with E-state index in [1.807, 2.05) is 72.8 Å². The maximum absolute atomic E-state index is 12.1. The lowest BCUT2D eigenvalue weighted by Gasteiger charge is -2.45. The molecule has 3 aromatic carbocycles. The van der Waals surface area contributed by atoms with Crippen molar-refractivity contribution in [1.82, 2.24) is 0 Å². The van der Waals surface area contributed by atoms with Crippen LogP contribution < -0.4 is 14.2 Å². The predicted molar refractivity (Wildman–Crippen MR) is 223 cm³/mol. The maximum Gasteiger partial charge on any atom is 0.305 e. The van der Waals surface area contributed by atoms with Crippen LogP contribution in [0.1, 0.15) is 107 Å². The molecule has 58 heavy (non-hydrogen) atoms. The van der Waals surface area contributed by atoms with Gasteiger partial charge in [-0.25, -0.2) is 0 Å². The Morgan fingerprint density at radius 1 is 0.621 bits per heavy atom. The maximum atomic E-state index is 12.1. The van der Waals surface area contributed by atoms with E-state index < -0.39 is 30.7 Å². The molecule has 1 saturated heterocycles. The van der Waals surface area contributed by atoms with E-state index in [0.29, 0.717) is 13.0 Å². The highest BCUT2D eigenvalue weighted by molar-refractivity contribution is 5.68. The fourth-order valence-electron chi connectivity index (χ4n) is 7.10. The average Bonchev–Trinajstić information content (AvgIpc) is 3.26. The van der Waals surface area contributed by atoms with Crippen molar-refractivity contribution in [3.8, 4) is 17.2 Å². The minimum absolute atomic E-state index is 0.0915. The number of aliphatic hydroxyl groups is 1. The molecule has 0 amide bonds. The van der Waals surface area contributed by atoms with Gasteiger partial charge in [0.15, 0.2) is 6.29 Å². The van der Waals surface area contributed by atoms with E-state index in [0.717, 1.165) is 111 Å². The summed E-state index contributed by atoms with van der Waals surface area (Å²) in [5.41, 5.74) is 2.86. The normalized spacial score (nSPS) is 19.7. The summed E-state index contributed by atoms with van der Waals surface area (Å²) in [6.45, 7) is 3.24. The van der Waals surface area contributed by atoms with Crippen molar-refractivity contribution in [2.24, 2.45) is 0 Å². The molecule has 11 heteroatoms. The van der Waals surface area contributed by atoms with Gasteiger partial charge in [-0.2, -0.15) is 0 Å². The minimum Gasteiger partial charge on any atom is -0.497 e. The number of hydrogen-bond donors (Lipinski definition) is 1. The molecule has 1 heterocycles. The number of esters is 1. The first-order valence-corrected chi connectivity index (χ1v) is 21.1. The number of unbranched alkanes of at least 4 members (excludes halogenated alkanes) is 8. The molecule has 3 aromatic rings. The molecular formula is C47H68O11. The van der Waals surface area contributed by atoms with Crippen molar-refractivity contribution in [3.05, 3.63) is 89.5 Å². The van der Waals surface area contributed by atoms with Crippen LogP contribution in [0.15, 0.2) is 72.8 Å². The molecule has 6 atom stereocenters. The number of aliphatic hydroxyl groups excluding tert-OH is 1. The van der Waals surface area contributed by atoms with Crippen molar-refractivity contribution in [3.63, 3.8) is 0 Å². The van der Waals surface area contributed by atoms with Crippen molar-refractivity contribution in [1.29, 1.82) is 0 Å². The highest BCUT2D eigenvalue weighted by Crippen LogP contribution is 2.31. The van der Waals surface area contributed by atoms with Gasteiger partial charge in [0.25, 0.3) is 0 Å². The zero-order valence-electron chi connectivity index (χ0n) is 35.4. The molecule has 322 valence electrons. The molecule has 1 N–H and O–H groups in total. The van der Waals surface area contributed by atoms with Crippen LogP contribution in [-0.4, -0.2) is 82.9 Å². The van der Waals surface area contributed by atoms with Crippen molar-refractivity contribution in [2.45, 2.75) is 147 Å². The first-order valence-electron chi connectivity index (χ1n) is 21.1. The lowest BCUT2D eigenvalue weighted by Crippen LogP contribution is -2.61. The van der Waals surface area contributed by atoms with E-state index >= 15 is 0 Å². The first-order chi connectivity index (χ1) is 28.4. The monoisotopic (exact) mass is 808 g/mol. The van der Waals surface area contributed by atoms with Crippen LogP contribution in [0.2, 0.25) is 0 Å². The summed E-state index contributed by atoms with van der Waals surface area (Å²) in [5.74, 6) is 2.15. The van der Waals surface area contributed by atoms with E-state index in [9.17, 15) is 9.90 Å². The number of benzene rings is 3. The molecule has 1 fully saturated rings. The summed E-state index contributed by atoms with van der Waals surface area (Å²) < 4.78 is 53.8. The molecule has 0 spiro atoms. The molecule has 0 unspecified atom stereocenters. The number of carbonyl (C=O) groups is 1. The highest BCUT2D eigenvalue weighted by atomic mass is 16.7. The van der Waals surface area contributed by atoms with Gasteiger partial charge < -0.3 is 47.7 Å².